The fourth-order valence-electron chi connectivity index (χ4n) is 4.35. The van der Waals surface area contributed by atoms with Gasteiger partial charge in [-0.05, 0) is 73.2 Å². The van der Waals surface area contributed by atoms with Crippen LogP contribution >= 0.6 is 8.58 Å². The van der Waals surface area contributed by atoms with Crippen molar-refractivity contribution in [3.63, 3.8) is 0 Å². The average molecular weight is 568 g/mol. The number of allylic oxidation sites excluding steroid dienone is 1. The molecule has 1 aliphatic rings. The van der Waals surface area contributed by atoms with Gasteiger partial charge in [0.25, 0.3) is 5.91 Å². The summed E-state index contributed by atoms with van der Waals surface area (Å²) in [6, 6.07) is 17.4. The van der Waals surface area contributed by atoms with Crippen molar-refractivity contribution < 1.29 is 23.8 Å². The number of amides is 1. The smallest absolute Gasteiger partial charge is 0.268 e. The molecule has 1 aliphatic heterocycles. The number of rotatable bonds is 12. The minimum atomic E-state index is -0.297. The summed E-state index contributed by atoms with van der Waals surface area (Å²) in [5.41, 5.74) is 5.63. The highest BCUT2D eigenvalue weighted by atomic mass is 31.1. The first-order valence-electron chi connectivity index (χ1n) is 13.5. The Balaban J connectivity index is 0.00000216. The van der Waals surface area contributed by atoms with E-state index in [4.69, 9.17) is 9.47 Å². The number of carbonyl (C=O) groups excluding carboxylic acids is 1. The summed E-state index contributed by atoms with van der Waals surface area (Å²) < 4.78 is 25.7. The van der Waals surface area contributed by atoms with E-state index in [1.54, 1.807) is 48.5 Å². The molecule has 1 amide bonds. The highest BCUT2D eigenvalue weighted by molar-refractivity contribution is 7.47. The zero-order valence-corrected chi connectivity index (χ0v) is 24.7. The van der Waals surface area contributed by atoms with E-state index in [-0.39, 0.29) is 24.3 Å². The minimum Gasteiger partial charge on any atom is -0.508 e. The topological polar surface area (TPSA) is 74.3 Å². The van der Waals surface area contributed by atoms with Gasteiger partial charge in [-0.2, -0.15) is 0 Å². The van der Waals surface area contributed by atoms with Crippen molar-refractivity contribution in [2.24, 2.45) is 0 Å². The molecule has 1 atom stereocenters. The number of hydrogen-bond acceptors (Lipinski definition) is 6. The Morgan fingerprint density at radius 3 is 2.50 bits per heavy atom. The van der Waals surface area contributed by atoms with Crippen molar-refractivity contribution in [3.8, 4) is 17.2 Å². The van der Waals surface area contributed by atoms with Crippen LogP contribution in [0.15, 0.2) is 72.9 Å². The summed E-state index contributed by atoms with van der Waals surface area (Å²) in [5, 5.41) is 12.2. The quantitative estimate of drug-likeness (QED) is 0.207. The van der Waals surface area contributed by atoms with Crippen LogP contribution in [0.4, 0.5) is 10.1 Å². The highest BCUT2D eigenvalue weighted by Crippen LogP contribution is 2.33. The van der Waals surface area contributed by atoms with E-state index in [1.165, 1.54) is 6.07 Å². The summed E-state index contributed by atoms with van der Waals surface area (Å²) in [5.74, 6) is 0.939. The molecule has 0 spiro atoms. The molecule has 3 aromatic rings. The maximum Gasteiger partial charge on any atom is 0.268 e. The Kier molecular flexibility index (Phi) is 11.8. The molecule has 0 fully saturated rings. The van der Waals surface area contributed by atoms with Gasteiger partial charge in [0.05, 0.1) is 5.69 Å². The Morgan fingerprint density at radius 2 is 1.80 bits per heavy atom. The normalized spacial score (nSPS) is 11.7. The third-order valence-corrected chi connectivity index (χ3v) is 7.59. The summed E-state index contributed by atoms with van der Waals surface area (Å²) >= 11 is 0. The molecule has 214 valence electrons. The van der Waals surface area contributed by atoms with Gasteiger partial charge in [0, 0.05) is 31.4 Å². The lowest BCUT2D eigenvalue weighted by molar-refractivity contribution is 0.0679. The largest absolute Gasteiger partial charge is 0.508 e. The predicted molar refractivity (Wildman–Crippen MR) is 162 cm³/mol. The first-order chi connectivity index (χ1) is 19.4. The Morgan fingerprint density at radius 1 is 1.07 bits per heavy atom. The summed E-state index contributed by atoms with van der Waals surface area (Å²) in [4.78, 5) is 15.1. The third-order valence-electron chi connectivity index (χ3n) is 6.35. The summed E-state index contributed by atoms with van der Waals surface area (Å²) in [7, 11) is 2.25. The molecule has 1 unspecified atom stereocenters. The van der Waals surface area contributed by atoms with Crippen LogP contribution in [-0.4, -0.2) is 49.1 Å². The van der Waals surface area contributed by atoms with Crippen molar-refractivity contribution in [2.75, 3.05) is 38.0 Å². The van der Waals surface area contributed by atoms with Crippen molar-refractivity contribution in [1.82, 2.24) is 10.4 Å². The number of benzene rings is 3. The van der Waals surface area contributed by atoms with Crippen LogP contribution in [0, 0.1) is 12.7 Å². The van der Waals surface area contributed by atoms with Crippen LogP contribution in [0.5, 0.6) is 17.2 Å². The van der Waals surface area contributed by atoms with E-state index in [0.29, 0.717) is 57.3 Å². The maximum absolute atomic E-state index is 15.0. The number of hydrogen-bond donors (Lipinski definition) is 2. The molecule has 2 N–H and O–H groups in total. The lowest BCUT2D eigenvalue weighted by atomic mass is 10.1. The average Bonchev–Trinajstić information content (AvgIpc) is 3.44. The number of phenols is 1. The van der Waals surface area contributed by atoms with Crippen LogP contribution in [-0.2, 0) is 0 Å². The van der Waals surface area contributed by atoms with Gasteiger partial charge in [-0.1, -0.05) is 53.3 Å². The molecule has 4 rings (SSSR count). The molecule has 0 saturated heterocycles. The Labute approximate surface area is 238 Å². The van der Waals surface area contributed by atoms with Gasteiger partial charge < -0.3 is 19.5 Å². The summed E-state index contributed by atoms with van der Waals surface area (Å²) in [6.45, 7) is 11.2. The number of phenolic OH excluding ortho intramolecular Hbond substituents is 1. The standard InChI is InChI=1S/C29H33FN3O4P.C2H6/c1-20-6-4-7-25(30)28(20)32(21(2)14-17-38-24-11-9-23(34)10-12-24)15-5-16-33(31-3)29(35)22-8-13-26-27(18-22)37-19-36-26;1-2/h4,6-13,18,31,34,38H,2,5,14-17,19H2,1,3H3;1-2H3. The fraction of sp³-hybridized carbons (Fsp3) is 0.323. The van der Waals surface area contributed by atoms with E-state index in [0.717, 1.165) is 22.7 Å². The number of nitrogens with zero attached hydrogens (tertiary/aromatic N) is 2. The van der Waals surface area contributed by atoms with E-state index in [1.807, 2.05) is 43.9 Å². The highest BCUT2D eigenvalue weighted by Gasteiger charge is 2.21. The molecular formula is C31H39FN3O4P. The van der Waals surface area contributed by atoms with Gasteiger partial charge in [0.2, 0.25) is 6.79 Å². The number of aryl methyl sites for hydroxylation is 1. The SMILES string of the molecule is C=C(CCPc1ccc(O)cc1)N(CCCN(NC)C(=O)c1ccc2c(c1)OCO2)c1c(C)cccc1F.CC. The number of aromatic hydroxyl groups is 1. The molecule has 9 heteroatoms. The number of nitrogens with one attached hydrogen (secondary N) is 1. The van der Waals surface area contributed by atoms with Crippen molar-refractivity contribution in [3.05, 3.63) is 89.9 Å². The number of fused-ring (bicyclic) bond motifs is 1. The lowest BCUT2D eigenvalue weighted by Gasteiger charge is -2.30. The molecule has 3 aromatic carbocycles. The van der Waals surface area contributed by atoms with Gasteiger partial charge >= 0.3 is 0 Å². The zero-order chi connectivity index (χ0) is 29.1. The van der Waals surface area contributed by atoms with Gasteiger partial charge in [0.1, 0.15) is 11.6 Å². The number of anilines is 1. The second-order valence-electron chi connectivity index (χ2n) is 8.95. The Hall–Kier alpha value is -3.61. The van der Waals surface area contributed by atoms with Gasteiger partial charge in [0.15, 0.2) is 11.5 Å². The third kappa shape index (κ3) is 7.96. The second kappa shape index (κ2) is 15.2. The molecule has 0 aliphatic carbocycles. The maximum atomic E-state index is 15.0. The van der Waals surface area contributed by atoms with Crippen molar-refractivity contribution >= 4 is 25.5 Å². The van der Waals surface area contributed by atoms with Crippen LogP contribution < -0.4 is 25.1 Å². The zero-order valence-electron chi connectivity index (χ0n) is 23.7. The molecule has 1 heterocycles. The van der Waals surface area contributed by atoms with Crippen LogP contribution in [0.25, 0.3) is 0 Å². The minimum absolute atomic E-state index is 0.146. The second-order valence-corrected chi connectivity index (χ2v) is 10.4. The molecule has 0 saturated carbocycles. The summed E-state index contributed by atoms with van der Waals surface area (Å²) in [6.07, 6.45) is 2.14. The number of halogens is 1. The van der Waals surface area contributed by atoms with E-state index in [2.05, 4.69) is 12.0 Å². The lowest BCUT2D eigenvalue weighted by Crippen LogP contribution is -2.42. The molecule has 40 heavy (non-hydrogen) atoms. The molecule has 0 aromatic heterocycles. The van der Waals surface area contributed by atoms with E-state index in [9.17, 15) is 14.3 Å². The first kappa shape index (κ1) is 30.9. The number of carbonyl (C=O) groups is 1. The van der Waals surface area contributed by atoms with Crippen LogP contribution in [0.3, 0.4) is 0 Å². The van der Waals surface area contributed by atoms with Crippen molar-refractivity contribution in [2.45, 2.75) is 33.6 Å². The van der Waals surface area contributed by atoms with Crippen LogP contribution in [0.2, 0.25) is 0 Å². The monoisotopic (exact) mass is 567 g/mol. The molecular weight excluding hydrogens is 528 g/mol. The van der Waals surface area contributed by atoms with Crippen molar-refractivity contribution in [1.29, 1.82) is 0 Å². The van der Waals surface area contributed by atoms with E-state index >= 15 is 0 Å². The van der Waals surface area contributed by atoms with Crippen LogP contribution in [0.1, 0.15) is 42.6 Å². The fourth-order valence-corrected chi connectivity index (χ4v) is 5.45. The first-order valence-corrected chi connectivity index (χ1v) is 14.7. The van der Waals surface area contributed by atoms with Gasteiger partial charge in [-0.15, -0.1) is 0 Å². The molecule has 0 bridgehead atoms. The number of hydrazine groups is 1. The van der Waals surface area contributed by atoms with Gasteiger partial charge in [-0.3, -0.25) is 9.80 Å². The number of ether oxygens (including phenoxy) is 2. The van der Waals surface area contributed by atoms with E-state index < -0.39 is 0 Å². The Bertz CT molecular complexity index is 1270. The molecule has 0 radical (unpaired) electrons. The number of para-hydroxylation sites is 1. The van der Waals surface area contributed by atoms with Gasteiger partial charge in [-0.25, -0.2) is 9.82 Å². The molecule has 7 nitrogen and oxygen atoms in total. The predicted octanol–water partition coefficient (Wildman–Crippen LogP) is 5.98.